The molecule has 0 saturated carbocycles. The third-order valence-corrected chi connectivity index (χ3v) is 3.55. The van der Waals surface area contributed by atoms with Crippen LogP contribution in [0.15, 0.2) is 0 Å². The molecule has 20 heavy (non-hydrogen) atoms. The van der Waals surface area contributed by atoms with E-state index in [0.29, 0.717) is 0 Å². The van der Waals surface area contributed by atoms with Gasteiger partial charge >= 0.3 is 11.9 Å². The Balaban J connectivity index is 5.24. The molecule has 0 aliphatic heterocycles. The van der Waals surface area contributed by atoms with Gasteiger partial charge in [0.15, 0.2) is 0 Å². The Bertz CT molecular complexity index is 396. The van der Waals surface area contributed by atoms with Crippen molar-refractivity contribution in [2.45, 2.75) is 47.0 Å². The second-order valence-electron chi connectivity index (χ2n) is 5.53. The van der Waals surface area contributed by atoms with E-state index in [4.69, 9.17) is 5.11 Å². The van der Waals surface area contributed by atoms with Gasteiger partial charge in [0, 0.05) is 12.8 Å². The zero-order valence-corrected chi connectivity index (χ0v) is 12.3. The van der Waals surface area contributed by atoms with Gasteiger partial charge in [0.05, 0.1) is 5.92 Å². The van der Waals surface area contributed by atoms with Crippen molar-refractivity contribution in [3.8, 4) is 0 Å². The molecule has 0 amide bonds. The highest BCUT2D eigenvalue weighted by molar-refractivity contribution is 6.05. The second-order valence-corrected chi connectivity index (χ2v) is 5.53. The fourth-order valence-electron chi connectivity index (χ4n) is 2.24. The number of Topliss-reactive ketones (excluding diaryl/α,β-unsaturated/α-hetero) is 2. The molecule has 0 aromatic heterocycles. The average Bonchev–Trinajstić information content (AvgIpc) is 2.27. The number of carbonyl (C=O) groups is 4. The summed E-state index contributed by atoms with van der Waals surface area (Å²) in [6, 6.07) is 0. The summed E-state index contributed by atoms with van der Waals surface area (Å²) in [6.45, 7) is 5.95. The lowest BCUT2D eigenvalue weighted by molar-refractivity contribution is -0.167. The molecule has 0 aliphatic carbocycles. The highest BCUT2D eigenvalue weighted by Crippen LogP contribution is 2.35. The van der Waals surface area contributed by atoms with Crippen LogP contribution in [0.5, 0.6) is 0 Å². The van der Waals surface area contributed by atoms with E-state index in [0.717, 1.165) is 6.92 Å². The predicted molar refractivity (Wildman–Crippen MR) is 71.2 cm³/mol. The molecular weight excluding hydrogens is 264 g/mol. The zero-order chi connectivity index (χ0) is 16.1. The Morgan fingerprint density at radius 1 is 1.05 bits per heavy atom. The van der Waals surface area contributed by atoms with E-state index in [9.17, 15) is 24.3 Å². The summed E-state index contributed by atoms with van der Waals surface area (Å²) in [5.74, 6) is -5.00. The van der Waals surface area contributed by atoms with Crippen LogP contribution in [-0.2, 0) is 19.2 Å². The summed E-state index contributed by atoms with van der Waals surface area (Å²) in [6.07, 6.45) is -0.104. The Morgan fingerprint density at radius 2 is 1.55 bits per heavy atom. The van der Waals surface area contributed by atoms with Crippen LogP contribution in [0.3, 0.4) is 0 Å². The minimum absolute atomic E-state index is 0.109. The summed E-state index contributed by atoms with van der Waals surface area (Å²) < 4.78 is 0. The van der Waals surface area contributed by atoms with E-state index >= 15 is 0 Å². The van der Waals surface area contributed by atoms with E-state index in [2.05, 4.69) is 0 Å². The van der Waals surface area contributed by atoms with Gasteiger partial charge in [-0.15, -0.1) is 0 Å². The van der Waals surface area contributed by atoms with Crippen LogP contribution in [0.25, 0.3) is 0 Å². The minimum Gasteiger partial charge on any atom is -0.481 e. The van der Waals surface area contributed by atoms with Crippen molar-refractivity contribution in [1.82, 2.24) is 0 Å². The molecule has 0 fully saturated rings. The van der Waals surface area contributed by atoms with Gasteiger partial charge in [0.25, 0.3) is 0 Å². The summed E-state index contributed by atoms with van der Waals surface area (Å²) >= 11 is 0. The molecule has 0 spiro atoms. The van der Waals surface area contributed by atoms with E-state index < -0.39 is 29.1 Å². The van der Waals surface area contributed by atoms with E-state index in [1.54, 1.807) is 0 Å². The first-order chi connectivity index (χ1) is 9.05. The predicted octanol–water partition coefficient (Wildman–Crippen LogP) is 1.76. The van der Waals surface area contributed by atoms with Crippen LogP contribution in [-0.4, -0.2) is 33.7 Å². The van der Waals surface area contributed by atoms with Crippen LogP contribution >= 0.6 is 0 Å². The number of carboxylic acids is 2. The van der Waals surface area contributed by atoms with Gasteiger partial charge < -0.3 is 10.2 Å². The maximum atomic E-state index is 11.7. The van der Waals surface area contributed by atoms with Crippen LogP contribution in [0.4, 0.5) is 0 Å². The first-order valence-electron chi connectivity index (χ1n) is 6.54. The lowest BCUT2D eigenvalue weighted by Gasteiger charge is -2.30. The molecule has 2 atom stereocenters. The van der Waals surface area contributed by atoms with Crippen molar-refractivity contribution >= 4 is 23.5 Å². The molecule has 6 heteroatoms. The Labute approximate surface area is 118 Å². The second kappa shape index (κ2) is 7.17. The fourth-order valence-corrected chi connectivity index (χ4v) is 2.24. The van der Waals surface area contributed by atoms with Gasteiger partial charge in [-0.25, -0.2) is 0 Å². The molecular formula is C14H22O6. The first-order valence-corrected chi connectivity index (χ1v) is 6.54. The van der Waals surface area contributed by atoms with E-state index in [-0.39, 0.29) is 31.0 Å². The van der Waals surface area contributed by atoms with Gasteiger partial charge in [-0.2, -0.15) is 0 Å². The SMILES string of the molecule is CC(=O)C(CCC(=O)CC(C)C)(C(=O)O)C(C)C(=O)O. The topological polar surface area (TPSA) is 109 Å². The highest BCUT2D eigenvalue weighted by atomic mass is 16.4. The lowest BCUT2D eigenvalue weighted by Crippen LogP contribution is -2.47. The third kappa shape index (κ3) is 4.15. The summed E-state index contributed by atoms with van der Waals surface area (Å²) in [4.78, 5) is 45.9. The summed E-state index contributed by atoms with van der Waals surface area (Å²) in [5.41, 5.74) is -2.04. The molecule has 2 unspecified atom stereocenters. The van der Waals surface area contributed by atoms with Crippen molar-refractivity contribution in [3.63, 3.8) is 0 Å². The molecule has 0 radical (unpaired) electrons. The number of carboxylic acid groups (broad SMARTS) is 2. The van der Waals surface area contributed by atoms with Crippen molar-refractivity contribution in [1.29, 1.82) is 0 Å². The molecule has 0 bridgehead atoms. The van der Waals surface area contributed by atoms with Gasteiger partial charge in [0.2, 0.25) is 0 Å². The maximum Gasteiger partial charge on any atom is 0.318 e. The number of aliphatic carboxylic acids is 2. The molecule has 6 nitrogen and oxygen atoms in total. The largest absolute Gasteiger partial charge is 0.481 e. The monoisotopic (exact) mass is 286 g/mol. The Morgan fingerprint density at radius 3 is 1.85 bits per heavy atom. The molecule has 0 saturated heterocycles. The van der Waals surface area contributed by atoms with Crippen molar-refractivity contribution < 1.29 is 29.4 Å². The van der Waals surface area contributed by atoms with Crippen molar-refractivity contribution in [3.05, 3.63) is 0 Å². The normalized spacial score (nSPS) is 15.4. The maximum absolute atomic E-state index is 11.7. The van der Waals surface area contributed by atoms with Gasteiger partial charge in [-0.1, -0.05) is 20.8 Å². The number of rotatable bonds is 9. The van der Waals surface area contributed by atoms with Crippen LogP contribution < -0.4 is 0 Å². The first kappa shape index (κ1) is 18.3. The molecule has 114 valence electrons. The lowest BCUT2D eigenvalue weighted by atomic mass is 9.69. The van der Waals surface area contributed by atoms with Crippen molar-refractivity contribution in [2.75, 3.05) is 0 Å². The quantitative estimate of drug-likeness (QED) is 0.625. The number of carbonyl (C=O) groups excluding carboxylic acids is 2. The molecule has 0 heterocycles. The number of hydrogen-bond acceptors (Lipinski definition) is 4. The van der Waals surface area contributed by atoms with Crippen LogP contribution in [0.1, 0.15) is 47.0 Å². The van der Waals surface area contributed by atoms with Crippen LogP contribution in [0.2, 0.25) is 0 Å². The van der Waals surface area contributed by atoms with E-state index in [1.807, 2.05) is 13.8 Å². The van der Waals surface area contributed by atoms with Crippen LogP contribution in [0, 0.1) is 17.3 Å². The Hall–Kier alpha value is -1.72. The molecule has 0 aliphatic rings. The summed E-state index contributed by atoms with van der Waals surface area (Å²) in [7, 11) is 0. The van der Waals surface area contributed by atoms with Gasteiger partial charge in [-0.05, 0) is 19.3 Å². The standard InChI is InChI=1S/C14H22O6/c1-8(2)7-11(16)5-6-14(10(4)15,13(19)20)9(3)12(17)18/h8-9H,5-7H2,1-4H3,(H,17,18)(H,19,20). The van der Waals surface area contributed by atoms with Crippen molar-refractivity contribution in [2.24, 2.45) is 17.3 Å². The average molecular weight is 286 g/mol. The highest BCUT2D eigenvalue weighted by Gasteiger charge is 2.51. The third-order valence-electron chi connectivity index (χ3n) is 3.55. The number of hydrogen-bond donors (Lipinski definition) is 2. The minimum atomic E-state index is -2.04. The molecule has 0 aromatic rings. The Kier molecular flexibility index (Phi) is 6.55. The fraction of sp³-hybridized carbons (Fsp3) is 0.714. The molecule has 0 aromatic carbocycles. The number of ketones is 2. The van der Waals surface area contributed by atoms with Gasteiger partial charge in [0.1, 0.15) is 17.0 Å². The van der Waals surface area contributed by atoms with Gasteiger partial charge in [-0.3, -0.25) is 19.2 Å². The van der Waals surface area contributed by atoms with E-state index in [1.165, 1.54) is 6.92 Å². The molecule has 2 N–H and O–H groups in total. The smallest absolute Gasteiger partial charge is 0.318 e. The zero-order valence-electron chi connectivity index (χ0n) is 12.3. The molecule has 0 rings (SSSR count). The summed E-state index contributed by atoms with van der Waals surface area (Å²) in [5, 5.41) is 18.3.